The fourth-order valence-corrected chi connectivity index (χ4v) is 3.56. The van der Waals surface area contributed by atoms with Gasteiger partial charge in [-0.15, -0.1) is 0 Å². The average Bonchev–Trinajstić information content (AvgIpc) is 3.02. The van der Waals surface area contributed by atoms with Gasteiger partial charge in [-0.25, -0.2) is 9.78 Å². The molecule has 0 aliphatic carbocycles. The van der Waals surface area contributed by atoms with Crippen molar-refractivity contribution < 1.29 is 9.53 Å². The van der Waals surface area contributed by atoms with E-state index in [1.165, 1.54) is 23.6 Å². The molecule has 5 nitrogen and oxygen atoms in total. The number of rotatable bonds is 1. The van der Waals surface area contributed by atoms with E-state index < -0.39 is 0 Å². The lowest BCUT2D eigenvalue weighted by atomic mass is 10.0. The number of para-hydroxylation sites is 1. The van der Waals surface area contributed by atoms with Gasteiger partial charge in [-0.2, -0.15) is 0 Å². The molecule has 0 amide bonds. The summed E-state index contributed by atoms with van der Waals surface area (Å²) in [6, 6.07) is 8.38. The molecule has 0 unspecified atom stereocenters. The van der Waals surface area contributed by atoms with Crippen molar-refractivity contribution in [2.24, 2.45) is 7.05 Å². The average molecular weight is 295 g/mol. The maximum atomic E-state index is 12.0. The number of aromatic nitrogens is 3. The highest BCUT2D eigenvalue weighted by atomic mass is 16.5. The van der Waals surface area contributed by atoms with E-state index in [2.05, 4.69) is 34.8 Å². The van der Waals surface area contributed by atoms with E-state index in [1.807, 2.05) is 17.6 Å². The molecule has 3 aromatic rings. The summed E-state index contributed by atoms with van der Waals surface area (Å²) in [4.78, 5) is 16.7. The predicted octanol–water partition coefficient (Wildman–Crippen LogP) is 2.69. The third kappa shape index (κ3) is 1.53. The van der Waals surface area contributed by atoms with Crippen molar-refractivity contribution in [3.63, 3.8) is 0 Å². The third-order valence-corrected chi connectivity index (χ3v) is 4.53. The second-order valence-electron chi connectivity index (χ2n) is 5.67. The molecular formula is C17H17N3O2. The number of methoxy groups -OCH3 is 1. The van der Waals surface area contributed by atoms with Crippen molar-refractivity contribution in [3.05, 3.63) is 41.2 Å². The Morgan fingerprint density at radius 2 is 2.09 bits per heavy atom. The van der Waals surface area contributed by atoms with Gasteiger partial charge in [-0.1, -0.05) is 18.2 Å². The van der Waals surface area contributed by atoms with Crippen LogP contribution in [0.2, 0.25) is 0 Å². The van der Waals surface area contributed by atoms with E-state index >= 15 is 0 Å². The van der Waals surface area contributed by atoms with E-state index in [0.29, 0.717) is 5.69 Å². The number of hydrogen-bond donors (Lipinski definition) is 0. The monoisotopic (exact) mass is 295 g/mol. The molecule has 2 aromatic heterocycles. The number of esters is 1. The number of nitrogens with zero attached hydrogens (tertiary/aromatic N) is 3. The molecule has 1 aliphatic rings. The Morgan fingerprint density at radius 1 is 1.32 bits per heavy atom. The van der Waals surface area contributed by atoms with Gasteiger partial charge < -0.3 is 13.9 Å². The minimum atomic E-state index is -0.321. The Balaban J connectivity index is 2.05. The number of carbonyl (C=O) groups excluding carboxylic acids is 1. The first-order valence-corrected chi connectivity index (χ1v) is 7.35. The van der Waals surface area contributed by atoms with E-state index in [4.69, 9.17) is 4.74 Å². The van der Waals surface area contributed by atoms with Crippen molar-refractivity contribution >= 4 is 16.9 Å². The van der Waals surface area contributed by atoms with E-state index in [1.54, 1.807) is 0 Å². The number of benzene rings is 1. The smallest absolute Gasteiger partial charge is 0.356 e. The van der Waals surface area contributed by atoms with Crippen molar-refractivity contribution in [3.8, 4) is 11.5 Å². The number of hydrogen-bond acceptors (Lipinski definition) is 3. The lowest BCUT2D eigenvalue weighted by Crippen LogP contribution is -2.18. The summed E-state index contributed by atoms with van der Waals surface area (Å²) in [5, 5.41) is 1.27. The van der Waals surface area contributed by atoms with E-state index in [9.17, 15) is 4.79 Å². The van der Waals surface area contributed by atoms with Crippen LogP contribution in [-0.4, -0.2) is 27.2 Å². The molecule has 1 aliphatic heterocycles. The molecule has 0 radical (unpaired) electrons. The predicted molar refractivity (Wildman–Crippen MR) is 83.9 cm³/mol. The molecule has 4 rings (SSSR count). The van der Waals surface area contributed by atoms with Crippen LogP contribution < -0.4 is 0 Å². The van der Waals surface area contributed by atoms with Gasteiger partial charge in [-0.05, 0) is 25.0 Å². The fourth-order valence-electron chi connectivity index (χ4n) is 3.56. The van der Waals surface area contributed by atoms with Crippen molar-refractivity contribution in [1.29, 1.82) is 0 Å². The normalized spacial score (nSPS) is 13.0. The topological polar surface area (TPSA) is 49.0 Å². The Bertz CT molecular complexity index is 918. The molecule has 0 bridgehead atoms. The van der Waals surface area contributed by atoms with Gasteiger partial charge in [-0.3, -0.25) is 0 Å². The van der Waals surface area contributed by atoms with Crippen LogP contribution in [0.15, 0.2) is 24.3 Å². The zero-order valence-corrected chi connectivity index (χ0v) is 12.9. The molecule has 1 aromatic carbocycles. The van der Waals surface area contributed by atoms with Crippen LogP contribution in [0.1, 0.15) is 21.7 Å². The molecule has 0 N–H and O–H groups in total. The summed E-state index contributed by atoms with van der Waals surface area (Å²) in [5.74, 6) is 0.538. The first-order valence-electron chi connectivity index (χ1n) is 7.35. The van der Waals surface area contributed by atoms with Crippen LogP contribution in [0.3, 0.4) is 0 Å². The highest BCUT2D eigenvalue weighted by Gasteiger charge is 2.29. The Labute approximate surface area is 128 Å². The lowest BCUT2D eigenvalue weighted by molar-refractivity contribution is 0.0587. The van der Waals surface area contributed by atoms with Crippen LogP contribution in [0.4, 0.5) is 0 Å². The largest absolute Gasteiger partial charge is 0.464 e. The van der Waals surface area contributed by atoms with Gasteiger partial charge >= 0.3 is 5.97 Å². The molecule has 5 heteroatoms. The first kappa shape index (κ1) is 13.1. The summed E-state index contributed by atoms with van der Waals surface area (Å²) in [7, 11) is 3.46. The Morgan fingerprint density at radius 3 is 2.86 bits per heavy atom. The van der Waals surface area contributed by atoms with Crippen LogP contribution in [0.25, 0.3) is 22.4 Å². The molecule has 0 saturated heterocycles. The van der Waals surface area contributed by atoms with Gasteiger partial charge in [0.15, 0.2) is 11.5 Å². The molecule has 0 fully saturated rings. The Hall–Kier alpha value is -2.56. The summed E-state index contributed by atoms with van der Waals surface area (Å²) < 4.78 is 9.07. The molecule has 112 valence electrons. The van der Waals surface area contributed by atoms with E-state index in [-0.39, 0.29) is 5.97 Å². The summed E-state index contributed by atoms with van der Waals surface area (Å²) in [5.41, 5.74) is 4.90. The van der Waals surface area contributed by atoms with Gasteiger partial charge in [0.05, 0.1) is 18.5 Å². The minimum Gasteiger partial charge on any atom is -0.464 e. The standard InChI is InChI=1S/C17H17N3O2/c1-10-14(17(21)22-3)20-9-8-12-11-6-4-5-7-13(11)19(2)15(12)16(20)18-10/h4-7H,8-9H2,1-3H3. The van der Waals surface area contributed by atoms with Crippen LogP contribution in [0, 0.1) is 6.92 Å². The minimum absolute atomic E-state index is 0.321. The highest BCUT2D eigenvalue weighted by Crippen LogP contribution is 2.37. The van der Waals surface area contributed by atoms with Gasteiger partial charge in [0.25, 0.3) is 0 Å². The zero-order valence-electron chi connectivity index (χ0n) is 12.9. The SMILES string of the molecule is COC(=O)c1c(C)nc2n1CCc1c-2n(C)c2ccccc12. The number of ether oxygens (including phenoxy) is 1. The Kier molecular flexibility index (Phi) is 2.66. The van der Waals surface area contributed by atoms with Crippen LogP contribution in [0.5, 0.6) is 0 Å². The van der Waals surface area contributed by atoms with Crippen LogP contribution >= 0.6 is 0 Å². The molecule has 0 atom stereocenters. The van der Waals surface area contributed by atoms with Crippen molar-refractivity contribution in [2.45, 2.75) is 19.9 Å². The number of imidazole rings is 1. The molecule has 3 heterocycles. The maximum absolute atomic E-state index is 12.0. The van der Waals surface area contributed by atoms with Gasteiger partial charge in [0, 0.05) is 24.5 Å². The van der Waals surface area contributed by atoms with Crippen molar-refractivity contribution in [2.75, 3.05) is 7.11 Å². The molecule has 0 saturated carbocycles. The zero-order chi connectivity index (χ0) is 15.4. The van der Waals surface area contributed by atoms with E-state index in [0.717, 1.165) is 30.2 Å². The first-order chi connectivity index (χ1) is 10.6. The number of carbonyl (C=O) groups is 1. The summed E-state index contributed by atoms with van der Waals surface area (Å²) in [6.07, 6.45) is 0.892. The van der Waals surface area contributed by atoms with Gasteiger partial charge in [0.1, 0.15) is 0 Å². The summed E-state index contributed by atoms with van der Waals surface area (Å²) >= 11 is 0. The highest BCUT2D eigenvalue weighted by molar-refractivity contribution is 5.93. The second kappa shape index (κ2) is 4.47. The third-order valence-electron chi connectivity index (χ3n) is 4.53. The fraction of sp³-hybridized carbons (Fsp3) is 0.294. The quantitative estimate of drug-likeness (QED) is 0.649. The lowest BCUT2D eigenvalue weighted by Gasteiger charge is -2.18. The molecule has 0 spiro atoms. The van der Waals surface area contributed by atoms with Crippen LogP contribution in [-0.2, 0) is 24.8 Å². The second-order valence-corrected chi connectivity index (χ2v) is 5.67. The molecular weight excluding hydrogens is 278 g/mol. The number of aryl methyl sites for hydroxylation is 3. The van der Waals surface area contributed by atoms with Crippen molar-refractivity contribution in [1.82, 2.24) is 14.1 Å². The summed E-state index contributed by atoms with van der Waals surface area (Å²) in [6.45, 7) is 2.61. The number of fused-ring (bicyclic) bond motifs is 5. The van der Waals surface area contributed by atoms with Gasteiger partial charge in [0.2, 0.25) is 0 Å². The maximum Gasteiger partial charge on any atom is 0.356 e. The molecule has 22 heavy (non-hydrogen) atoms.